The van der Waals surface area contributed by atoms with E-state index in [4.69, 9.17) is 4.74 Å². The van der Waals surface area contributed by atoms with Crippen molar-refractivity contribution >= 4 is 29.2 Å². The summed E-state index contributed by atoms with van der Waals surface area (Å²) in [7, 11) is 1.49. The van der Waals surface area contributed by atoms with Crippen molar-refractivity contribution in [1.82, 2.24) is 10.9 Å². The first kappa shape index (κ1) is 20.3. The van der Waals surface area contributed by atoms with Crippen molar-refractivity contribution in [3.8, 4) is 0 Å². The summed E-state index contributed by atoms with van der Waals surface area (Å²) < 4.78 is 18.2. The number of nitrogens with zero attached hydrogens (tertiary/aromatic N) is 1. The molecule has 2 amide bonds. The molecule has 2 aromatic carbocycles. The Morgan fingerprint density at radius 1 is 1.14 bits per heavy atom. The number of nitro groups is 1. The van der Waals surface area contributed by atoms with Gasteiger partial charge in [-0.1, -0.05) is 12.1 Å². The molecule has 2 aromatic rings. The molecule has 0 aliphatic rings. The number of carbonyl (C=O) groups is 3. The van der Waals surface area contributed by atoms with E-state index in [0.717, 1.165) is 12.1 Å². The third-order valence-electron chi connectivity index (χ3n) is 3.47. The van der Waals surface area contributed by atoms with E-state index in [9.17, 15) is 28.9 Å². The van der Waals surface area contributed by atoms with Crippen LogP contribution in [-0.4, -0.2) is 36.4 Å². The van der Waals surface area contributed by atoms with Crippen LogP contribution in [-0.2, 0) is 9.53 Å². The maximum atomic E-state index is 13.5. The van der Waals surface area contributed by atoms with Gasteiger partial charge in [-0.2, -0.15) is 0 Å². The molecule has 0 saturated carbocycles. The molecule has 0 aliphatic carbocycles. The molecular weight excluding hydrogens is 375 g/mol. The Morgan fingerprint density at radius 2 is 1.86 bits per heavy atom. The van der Waals surface area contributed by atoms with Crippen LogP contribution in [0, 0.1) is 15.9 Å². The number of nitrogens with one attached hydrogen (secondary N) is 3. The molecule has 11 heteroatoms. The van der Waals surface area contributed by atoms with Gasteiger partial charge < -0.3 is 10.1 Å². The van der Waals surface area contributed by atoms with Crippen LogP contribution in [0.2, 0.25) is 0 Å². The predicted molar refractivity (Wildman–Crippen MR) is 94.9 cm³/mol. The lowest BCUT2D eigenvalue weighted by Crippen LogP contribution is -2.43. The number of hydrogen-bond donors (Lipinski definition) is 3. The van der Waals surface area contributed by atoms with Crippen LogP contribution < -0.4 is 16.2 Å². The van der Waals surface area contributed by atoms with Crippen LogP contribution in [0.5, 0.6) is 0 Å². The zero-order valence-corrected chi connectivity index (χ0v) is 14.5. The van der Waals surface area contributed by atoms with Crippen LogP contribution in [0.1, 0.15) is 20.7 Å². The molecule has 0 heterocycles. The number of amides is 2. The molecule has 0 unspecified atom stereocenters. The van der Waals surface area contributed by atoms with Crippen LogP contribution in [0.25, 0.3) is 0 Å². The third kappa shape index (κ3) is 5.00. The number of anilines is 1. The van der Waals surface area contributed by atoms with E-state index in [1.54, 1.807) is 0 Å². The van der Waals surface area contributed by atoms with Crippen molar-refractivity contribution in [3.05, 3.63) is 69.5 Å². The van der Waals surface area contributed by atoms with Crippen molar-refractivity contribution < 1.29 is 28.4 Å². The fraction of sp³-hybridized carbons (Fsp3) is 0.118. The number of rotatable bonds is 6. The van der Waals surface area contributed by atoms with E-state index in [0.29, 0.717) is 0 Å². The molecule has 0 atom stereocenters. The first-order chi connectivity index (χ1) is 13.3. The number of hydrogen-bond acceptors (Lipinski definition) is 7. The van der Waals surface area contributed by atoms with Crippen molar-refractivity contribution in [1.29, 1.82) is 0 Å². The smallest absolute Gasteiger partial charge is 0.338 e. The first-order valence-electron chi connectivity index (χ1n) is 7.80. The second-order valence-corrected chi connectivity index (χ2v) is 5.30. The van der Waals surface area contributed by atoms with Gasteiger partial charge in [0.25, 0.3) is 17.5 Å². The monoisotopic (exact) mass is 390 g/mol. The average Bonchev–Trinajstić information content (AvgIpc) is 2.69. The van der Waals surface area contributed by atoms with Crippen molar-refractivity contribution in [3.63, 3.8) is 0 Å². The SMILES string of the molecule is CNc1ccc(C(=O)OCC(=O)NNC(=O)c2ccccc2F)cc1[N+](=O)[O-]. The molecule has 0 fully saturated rings. The molecule has 0 bridgehead atoms. The maximum Gasteiger partial charge on any atom is 0.338 e. The lowest BCUT2D eigenvalue weighted by Gasteiger charge is -2.09. The zero-order chi connectivity index (χ0) is 20.7. The average molecular weight is 390 g/mol. The number of ether oxygens (including phenoxy) is 1. The van der Waals surface area contributed by atoms with Gasteiger partial charge in [-0.15, -0.1) is 0 Å². The normalized spacial score (nSPS) is 9.93. The summed E-state index contributed by atoms with van der Waals surface area (Å²) in [6.07, 6.45) is 0. The van der Waals surface area contributed by atoms with Gasteiger partial charge >= 0.3 is 5.97 Å². The molecule has 2 rings (SSSR count). The highest BCUT2D eigenvalue weighted by Gasteiger charge is 2.18. The standard InChI is InChI=1S/C17H15FN4O6/c1-19-13-7-6-10(8-14(13)22(26)27)17(25)28-9-15(23)20-21-16(24)11-4-2-3-5-12(11)18/h2-8,19H,9H2,1H3,(H,20,23)(H,21,24). The van der Waals surface area contributed by atoms with E-state index in [-0.39, 0.29) is 22.5 Å². The minimum Gasteiger partial charge on any atom is -0.452 e. The van der Waals surface area contributed by atoms with Crippen LogP contribution in [0.15, 0.2) is 42.5 Å². The van der Waals surface area contributed by atoms with E-state index in [1.165, 1.54) is 37.4 Å². The molecule has 0 saturated heterocycles. The summed E-state index contributed by atoms with van der Waals surface area (Å²) in [5.41, 5.74) is 3.39. The first-order valence-corrected chi connectivity index (χ1v) is 7.80. The Kier molecular flexibility index (Phi) is 6.58. The van der Waals surface area contributed by atoms with Gasteiger partial charge in [0, 0.05) is 13.1 Å². The van der Waals surface area contributed by atoms with Gasteiger partial charge in [0.05, 0.1) is 16.1 Å². The van der Waals surface area contributed by atoms with E-state index >= 15 is 0 Å². The van der Waals surface area contributed by atoms with Crippen molar-refractivity contribution in [2.75, 3.05) is 19.0 Å². The Balaban J connectivity index is 1.90. The number of carbonyl (C=O) groups excluding carboxylic acids is 3. The lowest BCUT2D eigenvalue weighted by atomic mass is 10.1. The van der Waals surface area contributed by atoms with Gasteiger partial charge in [0.1, 0.15) is 11.5 Å². The van der Waals surface area contributed by atoms with E-state index in [2.05, 4.69) is 5.32 Å². The summed E-state index contributed by atoms with van der Waals surface area (Å²) in [6.45, 7) is -0.766. The highest BCUT2D eigenvalue weighted by molar-refractivity contribution is 5.96. The lowest BCUT2D eigenvalue weighted by molar-refractivity contribution is -0.384. The Bertz CT molecular complexity index is 934. The van der Waals surface area contributed by atoms with E-state index < -0.39 is 35.1 Å². The molecular formula is C17H15FN4O6. The van der Waals surface area contributed by atoms with Crippen LogP contribution in [0.3, 0.4) is 0 Å². The van der Waals surface area contributed by atoms with Crippen molar-refractivity contribution in [2.45, 2.75) is 0 Å². The second kappa shape index (κ2) is 9.07. The molecule has 0 aromatic heterocycles. The highest BCUT2D eigenvalue weighted by atomic mass is 19.1. The Morgan fingerprint density at radius 3 is 2.50 bits per heavy atom. The zero-order valence-electron chi connectivity index (χ0n) is 14.5. The quantitative estimate of drug-likeness (QED) is 0.385. The third-order valence-corrected chi connectivity index (χ3v) is 3.47. The number of nitro benzene ring substituents is 1. The van der Waals surface area contributed by atoms with Gasteiger partial charge in [0.15, 0.2) is 6.61 Å². The van der Waals surface area contributed by atoms with Crippen molar-refractivity contribution in [2.24, 2.45) is 0 Å². The molecule has 10 nitrogen and oxygen atoms in total. The predicted octanol–water partition coefficient (Wildman–Crippen LogP) is 1.39. The molecule has 0 aliphatic heterocycles. The topological polar surface area (TPSA) is 140 Å². The number of hydrazine groups is 1. The number of esters is 1. The molecule has 146 valence electrons. The fourth-order valence-corrected chi connectivity index (χ4v) is 2.11. The molecule has 0 spiro atoms. The molecule has 28 heavy (non-hydrogen) atoms. The van der Waals surface area contributed by atoms with Gasteiger partial charge in [-0.25, -0.2) is 9.18 Å². The summed E-state index contributed by atoms with van der Waals surface area (Å²) in [6, 6.07) is 8.77. The van der Waals surface area contributed by atoms with Gasteiger partial charge in [-0.3, -0.25) is 30.6 Å². The highest BCUT2D eigenvalue weighted by Crippen LogP contribution is 2.25. The van der Waals surface area contributed by atoms with E-state index in [1.807, 2.05) is 10.9 Å². The van der Waals surface area contributed by atoms with Crippen LogP contribution >= 0.6 is 0 Å². The number of halogens is 1. The van der Waals surface area contributed by atoms with Crippen LogP contribution in [0.4, 0.5) is 15.8 Å². The van der Waals surface area contributed by atoms with Gasteiger partial charge in [-0.05, 0) is 24.3 Å². The largest absolute Gasteiger partial charge is 0.452 e. The minimum absolute atomic E-state index is 0.131. The minimum atomic E-state index is -0.971. The number of benzene rings is 2. The molecule has 0 radical (unpaired) electrons. The summed E-state index contributed by atoms with van der Waals surface area (Å²) in [5.74, 6) is -3.52. The second-order valence-electron chi connectivity index (χ2n) is 5.30. The van der Waals surface area contributed by atoms with Gasteiger partial charge in [0.2, 0.25) is 0 Å². The summed E-state index contributed by atoms with van der Waals surface area (Å²) in [5, 5.41) is 13.6. The summed E-state index contributed by atoms with van der Waals surface area (Å²) >= 11 is 0. The summed E-state index contributed by atoms with van der Waals surface area (Å²) in [4.78, 5) is 45.7. The Labute approximate surface area is 157 Å². The molecule has 3 N–H and O–H groups in total. The maximum absolute atomic E-state index is 13.5. The fourth-order valence-electron chi connectivity index (χ4n) is 2.11. The Hall–Kier alpha value is -4.02.